The zero-order valence-electron chi connectivity index (χ0n) is 8.55. The first-order valence-corrected chi connectivity index (χ1v) is 4.58. The molecule has 0 saturated carbocycles. The van der Waals surface area contributed by atoms with Crippen LogP contribution in [0.4, 0.5) is 0 Å². The quantitative estimate of drug-likeness (QED) is 0.690. The fraction of sp³-hybridized carbons (Fsp3) is 0.900. The molecule has 0 aliphatic rings. The molecule has 0 aliphatic heterocycles. The number of carbonyl (C=O) groups excluding carboxylic acids is 1. The Morgan fingerprint density at radius 3 is 2.25 bits per heavy atom. The fourth-order valence-electron chi connectivity index (χ4n) is 0.984. The van der Waals surface area contributed by atoms with Gasteiger partial charge in [0, 0.05) is 12.3 Å². The highest BCUT2D eigenvalue weighted by atomic mass is 16.3. The molecule has 0 radical (unpaired) electrons. The Balaban J connectivity index is 3.51. The van der Waals surface area contributed by atoms with Crippen LogP contribution in [0.5, 0.6) is 0 Å². The molecule has 0 amide bonds. The zero-order valence-corrected chi connectivity index (χ0v) is 8.55. The molecule has 12 heavy (non-hydrogen) atoms. The molecular formula is C10H20O2. The van der Waals surface area contributed by atoms with Crippen LogP contribution in [0.3, 0.4) is 0 Å². The van der Waals surface area contributed by atoms with Crippen LogP contribution in [-0.2, 0) is 4.79 Å². The second-order valence-corrected chi connectivity index (χ2v) is 4.29. The molecule has 0 bridgehead atoms. The van der Waals surface area contributed by atoms with Crippen molar-refractivity contribution < 1.29 is 9.90 Å². The van der Waals surface area contributed by atoms with Crippen LogP contribution < -0.4 is 0 Å². The van der Waals surface area contributed by atoms with Crippen molar-refractivity contribution in [2.75, 3.05) is 0 Å². The van der Waals surface area contributed by atoms with Gasteiger partial charge in [-0.1, -0.05) is 13.8 Å². The summed E-state index contributed by atoms with van der Waals surface area (Å²) in [6.07, 6.45) is 2.09. The lowest BCUT2D eigenvalue weighted by Crippen LogP contribution is -2.19. The molecule has 0 fully saturated rings. The lowest BCUT2D eigenvalue weighted by atomic mass is 9.97. The minimum atomic E-state index is -0.628. The summed E-state index contributed by atoms with van der Waals surface area (Å²) < 4.78 is 0. The molecule has 2 heteroatoms. The predicted molar refractivity (Wildman–Crippen MR) is 50.0 cm³/mol. The normalized spacial score (nSPS) is 12.2. The van der Waals surface area contributed by atoms with Gasteiger partial charge < -0.3 is 5.11 Å². The van der Waals surface area contributed by atoms with Gasteiger partial charge >= 0.3 is 0 Å². The number of rotatable bonds is 5. The highest BCUT2D eigenvalue weighted by Gasteiger charge is 2.13. The lowest BCUT2D eigenvalue weighted by molar-refractivity contribution is -0.122. The molecule has 1 N–H and O–H groups in total. The summed E-state index contributed by atoms with van der Waals surface area (Å²) in [7, 11) is 0. The van der Waals surface area contributed by atoms with Gasteiger partial charge in [0.05, 0.1) is 5.60 Å². The van der Waals surface area contributed by atoms with Crippen molar-refractivity contribution in [3.63, 3.8) is 0 Å². The van der Waals surface area contributed by atoms with E-state index in [1.807, 2.05) is 13.8 Å². The summed E-state index contributed by atoms with van der Waals surface area (Å²) in [5.41, 5.74) is -0.628. The number of Topliss-reactive ketones (excluding diaryl/α,β-unsaturated/α-hetero) is 1. The summed E-state index contributed by atoms with van der Waals surface area (Å²) in [6, 6.07) is 0. The van der Waals surface area contributed by atoms with E-state index in [0.29, 0.717) is 18.6 Å². The SMILES string of the molecule is CC(C)C(=O)CCCC(C)(C)O. The molecule has 0 spiro atoms. The van der Waals surface area contributed by atoms with Crippen molar-refractivity contribution in [3.05, 3.63) is 0 Å². The van der Waals surface area contributed by atoms with Crippen LogP contribution in [0.25, 0.3) is 0 Å². The molecule has 0 aromatic rings. The maximum absolute atomic E-state index is 11.1. The Morgan fingerprint density at radius 1 is 1.42 bits per heavy atom. The van der Waals surface area contributed by atoms with Crippen molar-refractivity contribution in [1.29, 1.82) is 0 Å². The van der Waals surface area contributed by atoms with Gasteiger partial charge in [-0.05, 0) is 26.7 Å². The smallest absolute Gasteiger partial charge is 0.135 e. The van der Waals surface area contributed by atoms with Crippen LogP contribution in [0.2, 0.25) is 0 Å². The molecule has 0 aliphatic carbocycles. The van der Waals surface area contributed by atoms with E-state index in [-0.39, 0.29) is 5.92 Å². The van der Waals surface area contributed by atoms with E-state index in [1.54, 1.807) is 13.8 Å². The van der Waals surface area contributed by atoms with Crippen molar-refractivity contribution in [3.8, 4) is 0 Å². The summed E-state index contributed by atoms with van der Waals surface area (Å²) in [6.45, 7) is 7.36. The summed E-state index contributed by atoms with van der Waals surface area (Å²) >= 11 is 0. The monoisotopic (exact) mass is 172 g/mol. The van der Waals surface area contributed by atoms with Crippen LogP contribution in [0.1, 0.15) is 47.0 Å². The molecule has 0 saturated heterocycles. The fourth-order valence-corrected chi connectivity index (χ4v) is 0.984. The third kappa shape index (κ3) is 6.35. The second-order valence-electron chi connectivity index (χ2n) is 4.29. The van der Waals surface area contributed by atoms with Crippen molar-refractivity contribution in [2.45, 2.75) is 52.6 Å². The van der Waals surface area contributed by atoms with Gasteiger partial charge in [-0.3, -0.25) is 4.79 Å². The van der Waals surface area contributed by atoms with Crippen molar-refractivity contribution in [1.82, 2.24) is 0 Å². The average Bonchev–Trinajstić information content (AvgIpc) is 1.84. The summed E-state index contributed by atoms with van der Waals surface area (Å²) in [4.78, 5) is 11.1. The van der Waals surface area contributed by atoms with Gasteiger partial charge in [0.25, 0.3) is 0 Å². The number of carbonyl (C=O) groups is 1. The van der Waals surface area contributed by atoms with Gasteiger partial charge in [0.2, 0.25) is 0 Å². The predicted octanol–water partition coefficient (Wildman–Crippen LogP) is 2.15. The van der Waals surface area contributed by atoms with Crippen LogP contribution in [-0.4, -0.2) is 16.5 Å². The molecule has 0 aromatic carbocycles. The third-order valence-corrected chi connectivity index (χ3v) is 1.86. The largest absolute Gasteiger partial charge is 0.390 e. The molecule has 0 heterocycles. The maximum atomic E-state index is 11.1. The molecule has 0 rings (SSSR count). The van der Waals surface area contributed by atoms with Crippen LogP contribution >= 0.6 is 0 Å². The Hall–Kier alpha value is -0.370. The van der Waals surface area contributed by atoms with Gasteiger partial charge in [-0.2, -0.15) is 0 Å². The number of hydrogen-bond acceptors (Lipinski definition) is 2. The van der Waals surface area contributed by atoms with Gasteiger partial charge in [-0.15, -0.1) is 0 Å². The minimum absolute atomic E-state index is 0.131. The highest BCUT2D eigenvalue weighted by Crippen LogP contribution is 2.13. The van der Waals surface area contributed by atoms with E-state index in [2.05, 4.69) is 0 Å². The summed E-state index contributed by atoms with van der Waals surface area (Å²) in [5, 5.41) is 9.36. The first-order valence-electron chi connectivity index (χ1n) is 4.58. The van der Waals surface area contributed by atoms with E-state index >= 15 is 0 Å². The minimum Gasteiger partial charge on any atom is -0.390 e. The number of hydrogen-bond donors (Lipinski definition) is 1. The van der Waals surface area contributed by atoms with Crippen molar-refractivity contribution >= 4 is 5.78 Å². The first-order chi connectivity index (χ1) is 5.33. The van der Waals surface area contributed by atoms with E-state index < -0.39 is 5.60 Å². The standard InChI is InChI=1S/C10H20O2/c1-8(2)9(11)6-5-7-10(3,4)12/h8,12H,5-7H2,1-4H3. The van der Waals surface area contributed by atoms with E-state index in [1.165, 1.54) is 0 Å². The summed E-state index contributed by atoms with van der Waals surface area (Å²) in [5.74, 6) is 0.422. The Labute approximate surface area is 75.0 Å². The molecule has 2 nitrogen and oxygen atoms in total. The highest BCUT2D eigenvalue weighted by molar-refractivity contribution is 5.80. The van der Waals surface area contributed by atoms with Crippen LogP contribution in [0, 0.1) is 5.92 Å². The Bertz CT molecular complexity index is 142. The lowest BCUT2D eigenvalue weighted by Gasteiger charge is -2.16. The molecule has 0 unspecified atom stereocenters. The second kappa shape index (κ2) is 4.61. The van der Waals surface area contributed by atoms with Crippen molar-refractivity contribution in [2.24, 2.45) is 5.92 Å². The molecule has 0 aromatic heterocycles. The van der Waals surface area contributed by atoms with E-state index in [4.69, 9.17) is 0 Å². The molecule has 0 atom stereocenters. The van der Waals surface area contributed by atoms with Gasteiger partial charge in [-0.25, -0.2) is 0 Å². The molecule has 72 valence electrons. The van der Waals surface area contributed by atoms with E-state index in [9.17, 15) is 9.90 Å². The van der Waals surface area contributed by atoms with Gasteiger partial charge in [0.1, 0.15) is 5.78 Å². The topological polar surface area (TPSA) is 37.3 Å². The Kier molecular flexibility index (Phi) is 4.46. The Morgan fingerprint density at radius 2 is 1.92 bits per heavy atom. The number of aliphatic hydroxyl groups is 1. The van der Waals surface area contributed by atoms with Crippen LogP contribution in [0.15, 0.2) is 0 Å². The first kappa shape index (κ1) is 11.6. The average molecular weight is 172 g/mol. The maximum Gasteiger partial charge on any atom is 0.135 e. The third-order valence-electron chi connectivity index (χ3n) is 1.86. The van der Waals surface area contributed by atoms with Gasteiger partial charge in [0.15, 0.2) is 0 Å². The van der Waals surface area contributed by atoms with E-state index in [0.717, 1.165) is 6.42 Å². The molecular weight excluding hydrogens is 152 g/mol. The number of ketones is 1. The zero-order chi connectivity index (χ0) is 9.78.